The molecule has 0 aromatic carbocycles. The highest BCUT2D eigenvalue weighted by molar-refractivity contribution is 5.91. The standard InChI is InChI=1S/C8H11F3N2O2/c9-8(10,11)3-4-12-6(15)7(1-2-7)13-5-14/h5H,1-4H2,(H,12,15)(H,13,14). The molecule has 86 valence electrons. The smallest absolute Gasteiger partial charge is 0.354 e. The number of halogens is 3. The van der Waals surface area contributed by atoms with E-state index < -0.39 is 30.6 Å². The fourth-order valence-electron chi connectivity index (χ4n) is 1.16. The van der Waals surface area contributed by atoms with E-state index in [1.807, 2.05) is 0 Å². The molecule has 0 unspecified atom stereocenters. The van der Waals surface area contributed by atoms with E-state index in [0.29, 0.717) is 19.3 Å². The fraction of sp³-hybridized carbons (Fsp3) is 0.750. The summed E-state index contributed by atoms with van der Waals surface area (Å²) < 4.78 is 35.2. The lowest BCUT2D eigenvalue weighted by atomic mass is 10.2. The molecule has 0 atom stereocenters. The maximum Gasteiger partial charge on any atom is 0.390 e. The van der Waals surface area contributed by atoms with Crippen molar-refractivity contribution in [3.63, 3.8) is 0 Å². The van der Waals surface area contributed by atoms with Gasteiger partial charge in [-0.3, -0.25) is 9.59 Å². The zero-order valence-corrected chi connectivity index (χ0v) is 7.86. The lowest BCUT2D eigenvalue weighted by molar-refractivity contribution is -0.136. The first kappa shape index (κ1) is 11.8. The van der Waals surface area contributed by atoms with Crippen LogP contribution in [0.15, 0.2) is 0 Å². The summed E-state index contributed by atoms with van der Waals surface area (Å²) in [6, 6.07) is 0. The Balaban J connectivity index is 2.28. The molecule has 1 fully saturated rings. The van der Waals surface area contributed by atoms with Gasteiger partial charge < -0.3 is 10.6 Å². The first-order chi connectivity index (χ1) is 6.90. The lowest BCUT2D eigenvalue weighted by Crippen LogP contribution is -2.46. The number of amides is 2. The van der Waals surface area contributed by atoms with Crippen LogP contribution in [0, 0.1) is 0 Å². The van der Waals surface area contributed by atoms with Gasteiger partial charge in [-0.1, -0.05) is 0 Å². The molecule has 0 bridgehead atoms. The van der Waals surface area contributed by atoms with Gasteiger partial charge in [-0.05, 0) is 12.8 Å². The quantitative estimate of drug-likeness (QED) is 0.661. The van der Waals surface area contributed by atoms with Crippen molar-refractivity contribution in [2.24, 2.45) is 0 Å². The molecular weight excluding hydrogens is 213 g/mol. The first-order valence-corrected chi connectivity index (χ1v) is 4.46. The van der Waals surface area contributed by atoms with Gasteiger partial charge in [0.05, 0.1) is 6.42 Å². The fourth-order valence-corrected chi connectivity index (χ4v) is 1.16. The van der Waals surface area contributed by atoms with Crippen molar-refractivity contribution in [1.82, 2.24) is 10.6 Å². The third kappa shape index (κ3) is 3.41. The summed E-state index contributed by atoms with van der Waals surface area (Å²) >= 11 is 0. The highest BCUT2D eigenvalue weighted by Gasteiger charge is 2.49. The van der Waals surface area contributed by atoms with Crippen LogP contribution in [-0.2, 0) is 9.59 Å². The predicted octanol–water partition coefficient (Wildman–Crippen LogP) is 0.334. The molecule has 2 N–H and O–H groups in total. The van der Waals surface area contributed by atoms with Crippen molar-refractivity contribution in [3.8, 4) is 0 Å². The summed E-state index contributed by atoms with van der Waals surface area (Å²) in [7, 11) is 0. The van der Waals surface area contributed by atoms with E-state index in [2.05, 4.69) is 10.6 Å². The topological polar surface area (TPSA) is 58.2 Å². The molecule has 1 saturated carbocycles. The van der Waals surface area contributed by atoms with Crippen molar-refractivity contribution in [3.05, 3.63) is 0 Å². The molecule has 4 nitrogen and oxygen atoms in total. The Bertz CT molecular complexity index is 261. The minimum atomic E-state index is -4.28. The van der Waals surface area contributed by atoms with Crippen LogP contribution >= 0.6 is 0 Å². The van der Waals surface area contributed by atoms with Crippen LogP contribution in [0.4, 0.5) is 13.2 Å². The largest absolute Gasteiger partial charge is 0.390 e. The van der Waals surface area contributed by atoms with Gasteiger partial charge in [-0.2, -0.15) is 13.2 Å². The predicted molar refractivity (Wildman–Crippen MR) is 44.8 cm³/mol. The summed E-state index contributed by atoms with van der Waals surface area (Å²) in [6.45, 7) is -0.454. The van der Waals surface area contributed by atoms with E-state index in [1.54, 1.807) is 0 Å². The highest BCUT2D eigenvalue weighted by atomic mass is 19.4. The SMILES string of the molecule is O=CNC1(C(=O)NCCC(F)(F)F)CC1. The second kappa shape index (κ2) is 4.08. The van der Waals surface area contributed by atoms with Crippen LogP contribution in [0.3, 0.4) is 0 Å². The molecule has 2 amide bonds. The van der Waals surface area contributed by atoms with Gasteiger partial charge >= 0.3 is 6.18 Å². The highest BCUT2D eigenvalue weighted by Crippen LogP contribution is 2.35. The van der Waals surface area contributed by atoms with Gasteiger partial charge in [0.2, 0.25) is 12.3 Å². The zero-order valence-electron chi connectivity index (χ0n) is 7.86. The van der Waals surface area contributed by atoms with Crippen LogP contribution in [0.25, 0.3) is 0 Å². The van der Waals surface area contributed by atoms with E-state index in [0.717, 1.165) is 0 Å². The molecule has 0 radical (unpaired) electrons. The molecule has 1 aliphatic rings. The lowest BCUT2D eigenvalue weighted by Gasteiger charge is -2.14. The molecule has 7 heteroatoms. The monoisotopic (exact) mass is 224 g/mol. The average molecular weight is 224 g/mol. The maximum absolute atomic E-state index is 11.7. The average Bonchev–Trinajstić information content (AvgIpc) is 2.84. The van der Waals surface area contributed by atoms with Crippen LogP contribution in [-0.4, -0.2) is 30.6 Å². The van der Waals surface area contributed by atoms with E-state index in [9.17, 15) is 22.8 Å². The van der Waals surface area contributed by atoms with Gasteiger partial charge in [0.15, 0.2) is 0 Å². The Kier molecular flexibility index (Phi) is 3.21. The van der Waals surface area contributed by atoms with Gasteiger partial charge in [-0.15, -0.1) is 0 Å². The van der Waals surface area contributed by atoms with Crippen LogP contribution in [0.5, 0.6) is 0 Å². The third-order valence-electron chi connectivity index (χ3n) is 2.21. The first-order valence-electron chi connectivity index (χ1n) is 4.46. The molecule has 0 aliphatic heterocycles. The number of hydrogen-bond acceptors (Lipinski definition) is 2. The number of alkyl halides is 3. The Labute approximate surface area is 84.2 Å². The van der Waals surface area contributed by atoms with Crippen LogP contribution in [0.2, 0.25) is 0 Å². The van der Waals surface area contributed by atoms with Crippen LogP contribution in [0.1, 0.15) is 19.3 Å². The summed E-state index contributed by atoms with van der Waals surface area (Å²) in [5.74, 6) is -0.543. The van der Waals surface area contributed by atoms with E-state index in [-0.39, 0.29) is 0 Å². The number of hydrogen-bond donors (Lipinski definition) is 2. The van der Waals surface area contributed by atoms with Crippen molar-refractivity contribution in [1.29, 1.82) is 0 Å². The summed E-state index contributed by atoms with van der Waals surface area (Å²) in [5.41, 5.74) is -0.951. The third-order valence-corrected chi connectivity index (χ3v) is 2.21. The number of carbonyl (C=O) groups excluding carboxylic acids is 2. The Hall–Kier alpha value is -1.27. The van der Waals surface area contributed by atoms with Crippen molar-refractivity contribution in [2.45, 2.75) is 31.0 Å². The molecule has 0 spiro atoms. The van der Waals surface area contributed by atoms with Gasteiger partial charge in [0.1, 0.15) is 5.54 Å². The minimum Gasteiger partial charge on any atom is -0.354 e. The van der Waals surface area contributed by atoms with E-state index >= 15 is 0 Å². The van der Waals surface area contributed by atoms with E-state index in [1.165, 1.54) is 0 Å². The molecule has 0 aromatic heterocycles. The maximum atomic E-state index is 11.7. The molecule has 15 heavy (non-hydrogen) atoms. The molecule has 0 aromatic rings. The summed E-state index contributed by atoms with van der Waals surface area (Å²) in [6.07, 6.45) is -4.00. The van der Waals surface area contributed by atoms with Crippen molar-refractivity contribution < 1.29 is 22.8 Å². The van der Waals surface area contributed by atoms with Crippen molar-refractivity contribution in [2.75, 3.05) is 6.54 Å². The second-order valence-corrected chi connectivity index (χ2v) is 3.47. The Morgan fingerprint density at radius 1 is 1.40 bits per heavy atom. The molecule has 0 saturated heterocycles. The molecule has 0 heterocycles. The van der Waals surface area contributed by atoms with Gasteiger partial charge in [-0.25, -0.2) is 0 Å². The normalized spacial score (nSPS) is 18.1. The number of carbonyl (C=O) groups is 2. The van der Waals surface area contributed by atoms with Crippen LogP contribution < -0.4 is 10.6 Å². The number of nitrogens with one attached hydrogen (secondary N) is 2. The van der Waals surface area contributed by atoms with E-state index in [4.69, 9.17) is 0 Å². The van der Waals surface area contributed by atoms with Gasteiger partial charge in [0, 0.05) is 6.54 Å². The summed E-state index contributed by atoms with van der Waals surface area (Å²) in [5, 5.41) is 4.45. The van der Waals surface area contributed by atoms with Crippen molar-refractivity contribution >= 4 is 12.3 Å². The Morgan fingerprint density at radius 3 is 2.40 bits per heavy atom. The van der Waals surface area contributed by atoms with Gasteiger partial charge in [0.25, 0.3) is 0 Å². The minimum absolute atomic E-state index is 0.385. The molecular formula is C8H11F3N2O2. The second-order valence-electron chi connectivity index (χ2n) is 3.47. The Morgan fingerprint density at radius 2 is 2.00 bits per heavy atom. The molecule has 1 aliphatic carbocycles. The number of rotatable bonds is 5. The molecule has 1 rings (SSSR count). The zero-order chi connectivity index (χ0) is 11.5. The summed E-state index contributed by atoms with van der Waals surface area (Å²) in [4.78, 5) is 21.4.